The van der Waals surface area contributed by atoms with E-state index in [2.05, 4.69) is 24.4 Å². The zero-order chi connectivity index (χ0) is 16.2. The van der Waals surface area contributed by atoms with Gasteiger partial charge in [0.1, 0.15) is 17.9 Å². The summed E-state index contributed by atoms with van der Waals surface area (Å²) < 4.78 is 11.6. The molecule has 2 aliphatic rings. The SMILES string of the molecule is Cc1ccc(OC2CCN(C(=O)[C@H]3NCCO[C@@H]3C)CC2)cc1. The van der Waals surface area contributed by atoms with E-state index in [1.165, 1.54) is 5.56 Å². The molecule has 1 aromatic rings. The lowest BCUT2D eigenvalue weighted by Crippen LogP contribution is -2.57. The molecule has 2 heterocycles. The number of rotatable bonds is 3. The molecule has 23 heavy (non-hydrogen) atoms. The average molecular weight is 318 g/mol. The monoisotopic (exact) mass is 318 g/mol. The Kier molecular flexibility index (Phi) is 5.18. The van der Waals surface area contributed by atoms with Gasteiger partial charge in [-0.2, -0.15) is 0 Å². The topological polar surface area (TPSA) is 50.8 Å². The van der Waals surface area contributed by atoms with Crippen LogP contribution in [0.5, 0.6) is 5.75 Å². The van der Waals surface area contributed by atoms with Gasteiger partial charge in [-0.05, 0) is 26.0 Å². The van der Waals surface area contributed by atoms with Crippen LogP contribution < -0.4 is 10.1 Å². The maximum atomic E-state index is 12.6. The normalized spacial score (nSPS) is 26.1. The van der Waals surface area contributed by atoms with E-state index in [0.717, 1.165) is 38.2 Å². The molecule has 0 aromatic heterocycles. The minimum atomic E-state index is -0.210. The number of amides is 1. The number of morpholine rings is 1. The number of nitrogens with one attached hydrogen (secondary N) is 1. The van der Waals surface area contributed by atoms with Crippen molar-refractivity contribution in [1.29, 1.82) is 0 Å². The molecule has 0 bridgehead atoms. The average Bonchev–Trinajstić information content (AvgIpc) is 2.57. The third-order valence-electron chi connectivity index (χ3n) is 4.66. The molecule has 0 aliphatic carbocycles. The standard InChI is InChI=1S/C18H26N2O3/c1-13-3-5-15(6-4-13)23-16-7-10-20(11-8-16)18(21)17-14(2)22-12-9-19-17/h3-6,14,16-17,19H,7-12H2,1-2H3/t14-,17+/m1/s1. The van der Waals surface area contributed by atoms with E-state index < -0.39 is 0 Å². The molecule has 0 radical (unpaired) electrons. The summed E-state index contributed by atoms with van der Waals surface area (Å²) in [6, 6.07) is 7.93. The van der Waals surface area contributed by atoms with Crippen molar-refractivity contribution in [2.24, 2.45) is 0 Å². The lowest BCUT2D eigenvalue weighted by atomic mass is 10.0. The van der Waals surface area contributed by atoms with E-state index >= 15 is 0 Å². The van der Waals surface area contributed by atoms with Crippen molar-refractivity contribution >= 4 is 5.91 Å². The zero-order valence-electron chi connectivity index (χ0n) is 14.0. The molecular formula is C18H26N2O3. The molecule has 3 rings (SSSR count). The highest BCUT2D eigenvalue weighted by atomic mass is 16.5. The first-order valence-electron chi connectivity index (χ1n) is 8.50. The maximum Gasteiger partial charge on any atom is 0.242 e. The Hall–Kier alpha value is -1.59. The van der Waals surface area contributed by atoms with E-state index in [0.29, 0.717) is 6.61 Å². The van der Waals surface area contributed by atoms with Gasteiger partial charge in [-0.15, -0.1) is 0 Å². The second kappa shape index (κ2) is 7.32. The Bertz CT molecular complexity index is 524. The van der Waals surface area contributed by atoms with Crippen molar-refractivity contribution in [3.63, 3.8) is 0 Å². The Balaban J connectivity index is 1.49. The van der Waals surface area contributed by atoms with Crippen molar-refractivity contribution in [1.82, 2.24) is 10.2 Å². The van der Waals surface area contributed by atoms with Crippen molar-refractivity contribution in [2.45, 2.75) is 44.9 Å². The number of aryl methyl sites for hydroxylation is 1. The number of likely N-dealkylation sites (tertiary alicyclic amines) is 1. The van der Waals surface area contributed by atoms with Crippen LogP contribution in [0, 0.1) is 6.92 Å². The van der Waals surface area contributed by atoms with Gasteiger partial charge in [-0.1, -0.05) is 17.7 Å². The largest absolute Gasteiger partial charge is 0.490 e. The third kappa shape index (κ3) is 4.03. The van der Waals surface area contributed by atoms with Crippen molar-refractivity contribution in [3.05, 3.63) is 29.8 Å². The molecule has 2 aliphatic heterocycles. The Morgan fingerprint density at radius 2 is 1.96 bits per heavy atom. The molecule has 2 fully saturated rings. The molecule has 2 atom stereocenters. The minimum Gasteiger partial charge on any atom is -0.490 e. The fraction of sp³-hybridized carbons (Fsp3) is 0.611. The minimum absolute atomic E-state index is 0.0576. The van der Waals surface area contributed by atoms with E-state index in [-0.39, 0.29) is 24.2 Å². The molecule has 5 heteroatoms. The maximum absolute atomic E-state index is 12.6. The van der Waals surface area contributed by atoms with Crippen LogP contribution in [0.25, 0.3) is 0 Å². The van der Waals surface area contributed by atoms with Crippen LogP contribution >= 0.6 is 0 Å². The first-order chi connectivity index (χ1) is 11.1. The van der Waals surface area contributed by atoms with Gasteiger partial charge >= 0.3 is 0 Å². The summed E-state index contributed by atoms with van der Waals surface area (Å²) in [7, 11) is 0. The molecule has 1 aromatic carbocycles. The molecule has 0 saturated carbocycles. The quantitative estimate of drug-likeness (QED) is 0.922. The van der Waals surface area contributed by atoms with E-state index in [1.54, 1.807) is 0 Å². The summed E-state index contributed by atoms with van der Waals surface area (Å²) in [5, 5.41) is 3.27. The predicted octanol–water partition coefficient (Wildman–Crippen LogP) is 1.74. The number of hydrogen-bond acceptors (Lipinski definition) is 4. The predicted molar refractivity (Wildman–Crippen MR) is 88.6 cm³/mol. The molecular weight excluding hydrogens is 292 g/mol. The summed E-state index contributed by atoms with van der Waals surface area (Å²) >= 11 is 0. The van der Waals surface area contributed by atoms with Crippen molar-refractivity contribution in [3.8, 4) is 5.75 Å². The van der Waals surface area contributed by atoms with Gasteiger partial charge in [0.15, 0.2) is 0 Å². The highest BCUT2D eigenvalue weighted by Gasteiger charge is 2.33. The van der Waals surface area contributed by atoms with E-state index in [1.807, 2.05) is 24.0 Å². The van der Waals surface area contributed by atoms with Gasteiger partial charge in [-0.25, -0.2) is 0 Å². The summed E-state index contributed by atoms with van der Waals surface area (Å²) in [5.74, 6) is 1.07. The first-order valence-corrected chi connectivity index (χ1v) is 8.50. The molecule has 0 spiro atoms. The zero-order valence-corrected chi connectivity index (χ0v) is 14.0. The molecule has 2 saturated heterocycles. The van der Waals surface area contributed by atoms with Gasteiger partial charge in [0.2, 0.25) is 5.91 Å². The van der Waals surface area contributed by atoms with Gasteiger partial charge in [-0.3, -0.25) is 4.79 Å². The number of ether oxygens (including phenoxy) is 2. The summed E-state index contributed by atoms with van der Waals surface area (Å²) in [5.41, 5.74) is 1.23. The number of carbonyl (C=O) groups excluding carboxylic acids is 1. The highest BCUT2D eigenvalue weighted by molar-refractivity contribution is 5.82. The molecule has 5 nitrogen and oxygen atoms in total. The Morgan fingerprint density at radius 1 is 1.26 bits per heavy atom. The summed E-state index contributed by atoms with van der Waals surface area (Å²) in [6.07, 6.45) is 1.89. The smallest absolute Gasteiger partial charge is 0.242 e. The number of benzene rings is 1. The van der Waals surface area contributed by atoms with Crippen LogP contribution in [0.4, 0.5) is 0 Å². The van der Waals surface area contributed by atoms with Gasteiger partial charge in [0.25, 0.3) is 0 Å². The van der Waals surface area contributed by atoms with Gasteiger partial charge in [0.05, 0.1) is 12.7 Å². The summed E-state index contributed by atoms with van der Waals surface area (Å²) in [6.45, 7) is 6.95. The number of piperidine rings is 1. The molecule has 126 valence electrons. The van der Waals surface area contributed by atoms with Crippen LogP contribution in [0.1, 0.15) is 25.3 Å². The number of carbonyl (C=O) groups is 1. The van der Waals surface area contributed by atoms with Gasteiger partial charge in [0, 0.05) is 32.5 Å². The van der Waals surface area contributed by atoms with E-state index in [9.17, 15) is 4.79 Å². The van der Waals surface area contributed by atoms with Crippen molar-refractivity contribution < 1.29 is 14.3 Å². The second-order valence-electron chi connectivity index (χ2n) is 6.46. The van der Waals surface area contributed by atoms with Crippen molar-refractivity contribution in [2.75, 3.05) is 26.2 Å². The van der Waals surface area contributed by atoms with E-state index in [4.69, 9.17) is 9.47 Å². The van der Waals surface area contributed by atoms with Crippen LogP contribution in [-0.2, 0) is 9.53 Å². The van der Waals surface area contributed by atoms with Crippen LogP contribution in [-0.4, -0.2) is 55.3 Å². The summed E-state index contributed by atoms with van der Waals surface area (Å²) in [4.78, 5) is 14.6. The van der Waals surface area contributed by atoms with Gasteiger partial charge < -0.3 is 19.7 Å². The van der Waals surface area contributed by atoms with Crippen LogP contribution in [0.3, 0.4) is 0 Å². The lowest BCUT2D eigenvalue weighted by Gasteiger charge is -2.37. The fourth-order valence-corrected chi connectivity index (χ4v) is 3.21. The number of hydrogen-bond donors (Lipinski definition) is 1. The molecule has 1 amide bonds. The third-order valence-corrected chi connectivity index (χ3v) is 4.66. The molecule has 1 N–H and O–H groups in total. The number of nitrogens with zero attached hydrogens (tertiary/aromatic N) is 1. The highest BCUT2D eigenvalue weighted by Crippen LogP contribution is 2.20. The first kappa shape index (κ1) is 16.3. The lowest BCUT2D eigenvalue weighted by molar-refractivity contribution is -0.141. The Labute approximate surface area is 137 Å². The Morgan fingerprint density at radius 3 is 2.61 bits per heavy atom. The molecule has 0 unspecified atom stereocenters. The second-order valence-corrected chi connectivity index (χ2v) is 6.46. The van der Waals surface area contributed by atoms with Crippen LogP contribution in [0.2, 0.25) is 0 Å². The fourth-order valence-electron chi connectivity index (χ4n) is 3.21. The van der Waals surface area contributed by atoms with Crippen LogP contribution in [0.15, 0.2) is 24.3 Å².